The van der Waals surface area contributed by atoms with E-state index in [2.05, 4.69) is 15.6 Å². The predicted molar refractivity (Wildman–Crippen MR) is 59.5 cm³/mol. The molecule has 0 amide bonds. The van der Waals surface area contributed by atoms with Crippen molar-refractivity contribution in [2.45, 2.75) is 25.4 Å². The third kappa shape index (κ3) is 2.79. The number of aryl methyl sites for hydroxylation is 1. The maximum absolute atomic E-state index is 11.2. The van der Waals surface area contributed by atoms with Crippen LogP contribution in [0.1, 0.15) is 18.5 Å². The van der Waals surface area contributed by atoms with E-state index in [1.165, 1.54) is 0 Å². The molecule has 1 fully saturated rings. The Morgan fingerprint density at radius 1 is 1.50 bits per heavy atom. The Balaban J connectivity index is 1.82. The van der Waals surface area contributed by atoms with E-state index in [4.69, 9.17) is 0 Å². The minimum Gasteiger partial charge on any atom is -0.308 e. The second-order valence-corrected chi connectivity index (χ2v) is 6.46. The van der Waals surface area contributed by atoms with Crippen molar-refractivity contribution in [2.24, 2.45) is 7.05 Å². The average Bonchev–Trinajstić information content (AvgIpc) is 2.63. The summed E-state index contributed by atoms with van der Waals surface area (Å²) in [5.41, 5.74) is 1.01. The Bertz CT molecular complexity index is 440. The number of aromatic nitrogens is 3. The lowest BCUT2D eigenvalue weighted by Crippen LogP contribution is -2.37. The van der Waals surface area contributed by atoms with Crippen LogP contribution in [0.15, 0.2) is 6.20 Å². The highest BCUT2D eigenvalue weighted by molar-refractivity contribution is 7.91. The molecule has 0 spiro atoms. The molecule has 2 heterocycles. The molecular weight excluding hydrogens is 228 g/mol. The Morgan fingerprint density at radius 2 is 2.19 bits per heavy atom. The lowest BCUT2D eigenvalue weighted by atomic mass is 10.1. The zero-order valence-corrected chi connectivity index (χ0v) is 10.1. The monoisotopic (exact) mass is 244 g/mol. The molecule has 0 atom stereocenters. The van der Waals surface area contributed by atoms with Crippen LogP contribution in [-0.2, 0) is 23.4 Å². The molecule has 0 aliphatic carbocycles. The van der Waals surface area contributed by atoms with Gasteiger partial charge in [0, 0.05) is 19.6 Å². The third-order valence-corrected chi connectivity index (χ3v) is 4.65. The van der Waals surface area contributed by atoms with Crippen molar-refractivity contribution in [3.63, 3.8) is 0 Å². The minimum absolute atomic E-state index is 0.290. The fourth-order valence-electron chi connectivity index (χ4n) is 1.81. The molecule has 7 heteroatoms. The highest BCUT2D eigenvalue weighted by Crippen LogP contribution is 2.12. The van der Waals surface area contributed by atoms with Gasteiger partial charge in [-0.2, -0.15) is 0 Å². The van der Waals surface area contributed by atoms with Crippen LogP contribution in [-0.4, -0.2) is 41.0 Å². The van der Waals surface area contributed by atoms with Gasteiger partial charge in [0.25, 0.3) is 0 Å². The molecule has 2 rings (SSSR count). The van der Waals surface area contributed by atoms with Crippen molar-refractivity contribution in [1.82, 2.24) is 20.3 Å². The van der Waals surface area contributed by atoms with Gasteiger partial charge in [0.05, 0.1) is 23.4 Å². The molecule has 1 aromatic heterocycles. The fraction of sp³-hybridized carbons (Fsp3) is 0.778. The smallest absolute Gasteiger partial charge is 0.150 e. The minimum atomic E-state index is -2.77. The lowest BCUT2D eigenvalue weighted by Gasteiger charge is -2.22. The second-order valence-electron chi connectivity index (χ2n) is 4.16. The number of nitrogens with one attached hydrogen (secondary N) is 1. The fourth-order valence-corrected chi connectivity index (χ4v) is 3.31. The van der Waals surface area contributed by atoms with Gasteiger partial charge in [-0.05, 0) is 12.8 Å². The molecular formula is C9H16N4O2S. The summed E-state index contributed by atoms with van der Waals surface area (Å²) in [6.07, 6.45) is 3.12. The van der Waals surface area contributed by atoms with E-state index < -0.39 is 9.84 Å². The van der Waals surface area contributed by atoms with E-state index in [-0.39, 0.29) is 0 Å². The maximum Gasteiger partial charge on any atom is 0.150 e. The summed E-state index contributed by atoms with van der Waals surface area (Å²) in [5, 5.41) is 11.0. The van der Waals surface area contributed by atoms with Crippen LogP contribution < -0.4 is 5.32 Å². The first-order valence-corrected chi connectivity index (χ1v) is 7.16. The second kappa shape index (κ2) is 4.50. The van der Waals surface area contributed by atoms with E-state index in [1.807, 2.05) is 7.05 Å². The number of hydrogen-bond donors (Lipinski definition) is 1. The number of hydrogen-bond acceptors (Lipinski definition) is 5. The number of rotatable bonds is 3. The SMILES string of the molecule is Cn1nncc1CNC1CCS(=O)(=O)CC1. The van der Waals surface area contributed by atoms with E-state index in [0.29, 0.717) is 36.9 Å². The van der Waals surface area contributed by atoms with Crippen LogP contribution in [0, 0.1) is 0 Å². The van der Waals surface area contributed by atoms with Gasteiger partial charge < -0.3 is 5.32 Å². The van der Waals surface area contributed by atoms with Crippen LogP contribution in [0.4, 0.5) is 0 Å². The van der Waals surface area contributed by atoms with Gasteiger partial charge in [-0.25, -0.2) is 8.42 Å². The highest BCUT2D eigenvalue weighted by Gasteiger charge is 2.23. The largest absolute Gasteiger partial charge is 0.308 e. The average molecular weight is 244 g/mol. The zero-order chi connectivity index (χ0) is 11.6. The normalized spacial score (nSPS) is 21.1. The summed E-state index contributed by atoms with van der Waals surface area (Å²) in [6, 6.07) is 0.290. The summed E-state index contributed by atoms with van der Waals surface area (Å²) in [6.45, 7) is 0.689. The Hall–Kier alpha value is -0.950. The highest BCUT2D eigenvalue weighted by atomic mass is 32.2. The molecule has 90 valence electrons. The van der Waals surface area contributed by atoms with Crippen molar-refractivity contribution < 1.29 is 8.42 Å². The van der Waals surface area contributed by atoms with Gasteiger partial charge in [-0.1, -0.05) is 5.21 Å². The van der Waals surface area contributed by atoms with Crippen LogP contribution in [0.2, 0.25) is 0 Å². The molecule has 0 unspecified atom stereocenters. The van der Waals surface area contributed by atoms with Crippen LogP contribution in [0.3, 0.4) is 0 Å². The molecule has 0 radical (unpaired) electrons. The Kier molecular flexibility index (Phi) is 3.25. The van der Waals surface area contributed by atoms with Crippen molar-refractivity contribution in [3.8, 4) is 0 Å². The molecule has 16 heavy (non-hydrogen) atoms. The molecule has 6 nitrogen and oxygen atoms in total. The van der Waals surface area contributed by atoms with Crippen molar-refractivity contribution in [3.05, 3.63) is 11.9 Å². The summed E-state index contributed by atoms with van der Waals surface area (Å²) >= 11 is 0. The van der Waals surface area contributed by atoms with Gasteiger partial charge in [-0.3, -0.25) is 4.68 Å². The summed E-state index contributed by atoms with van der Waals surface area (Å²) in [4.78, 5) is 0. The lowest BCUT2D eigenvalue weighted by molar-refractivity contribution is 0.454. The molecule has 1 aliphatic heterocycles. The first-order chi connectivity index (χ1) is 7.57. The van der Waals surface area contributed by atoms with Crippen LogP contribution in [0.25, 0.3) is 0 Å². The Morgan fingerprint density at radius 3 is 2.75 bits per heavy atom. The molecule has 1 N–H and O–H groups in total. The third-order valence-electron chi connectivity index (χ3n) is 2.93. The Labute approximate surface area is 95.0 Å². The van der Waals surface area contributed by atoms with Gasteiger partial charge in [0.2, 0.25) is 0 Å². The standard InChI is InChI=1S/C9H16N4O2S/c1-13-9(7-11-12-13)6-10-8-2-4-16(14,15)5-3-8/h7-8,10H,2-6H2,1H3. The first kappa shape index (κ1) is 11.5. The number of nitrogens with zero attached hydrogens (tertiary/aromatic N) is 3. The topological polar surface area (TPSA) is 76.9 Å². The first-order valence-electron chi connectivity index (χ1n) is 5.34. The summed E-state index contributed by atoms with van der Waals surface area (Å²) < 4.78 is 24.2. The molecule has 1 saturated heterocycles. The maximum atomic E-state index is 11.2. The molecule has 0 bridgehead atoms. The van der Waals surface area contributed by atoms with E-state index >= 15 is 0 Å². The summed E-state index contributed by atoms with van der Waals surface area (Å²) in [5.74, 6) is 0.600. The van der Waals surface area contributed by atoms with Gasteiger partial charge >= 0.3 is 0 Å². The molecule has 1 aromatic rings. The van der Waals surface area contributed by atoms with E-state index in [1.54, 1.807) is 10.9 Å². The number of sulfone groups is 1. The van der Waals surface area contributed by atoms with Crippen molar-refractivity contribution >= 4 is 9.84 Å². The quantitative estimate of drug-likeness (QED) is 0.774. The predicted octanol–water partition coefficient (Wildman–Crippen LogP) is -0.518. The van der Waals surface area contributed by atoms with Gasteiger partial charge in [0.1, 0.15) is 9.84 Å². The zero-order valence-electron chi connectivity index (χ0n) is 9.26. The van der Waals surface area contributed by atoms with Gasteiger partial charge in [-0.15, -0.1) is 5.10 Å². The molecule has 1 aliphatic rings. The van der Waals surface area contributed by atoms with Crippen molar-refractivity contribution in [2.75, 3.05) is 11.5 Å². The van der Waals surface area contributed by atoms with Crippen molar-refractivity contribution in [1.29, 1.82) is 0 Å². The van der Waals surface area contributed by atoms with Gasteiger partial charge in [0.15, 0.2) is 0 Å². The van der Waals surface area contributed by atoms with E-state index in [0.717, 1.165) is 5.69 Å². The van der Waals surface area contributed by atoms with Crippen LogP contribution in [0.5, 0.6) is 0 Å². The summed E-state index contributed by atoms with van der Waals surface area (Å²) in [7, 11) is -0.923. The van der Waals surface area contributed by atoms with Crippen LogP contribution >= 0.6 is 0 Å². The molecule has 0 saturated carbocycles. The molecule has 0 aromatic carbocycles. The van der Waals surface area contributed by atoms with E-state index in [9.17, 15) is 8.42 Å².